The number of carbonyl (C=O) groups excluding carboxylic acids is 3. The minimum Gasteiger partial charge on any atom is -0.467 e. The summed E-state index contributed by atoms with van der Waals surface area (Å²) in [6.45, 7) is 5.15. The van der Waals surface area contributed by atoms with Crippen LogP contribution in [0.15, 0.2) is 54.6 Å². The van der Waals surface area contributed by atoms with Crippen molar-refractivity contribution >= 4 is 18.0 Å². The van der Waals surface area contributed by atoms with Gasteiger partial charge in [0.15, 0.2) is 0 Å². The summed E-state index contributed by atoms with van der Waals surface area (Å²) >= 11 is 0. The van der Waals surface area contributed by atoms with Gasteiger partial charge >= 0.3 is 12.1 Å². The fraction of sp³-hybridized carbons (Fsp3) is 0.400. The standard InChI is InChI=1S/C25H31FN2O5/c1-25(2,3)33-24(31)27-19(15-18-12-8-9-13-20(18)26)16-22(29)28-21(23(30)32-4)14-17-10-6-5-7-11-17/h5-13,19,21H,14-16H2,1-4H3,(H,27,31)(H,28,29)/t19-,21?/m1/s1. The lowest BCUT2D eigenvalue weighted by molar-refractivity contribution is -0.145. The summed E-state index contributed by atoms with van der Waals surface area (Å²) < 4.78 is 24.3. The minimum atomic E-state index is -0.902. The summed E-state index contributed by atoms with van der Waals surface area (Å²) in [5, 5.41) is 5.31. The first-order valence-corrected chi connectivity index (χ1v) is 10.7. The highest BCUT2D eigenvalue weighted by atomic mass is 19.1. The van der Waals surface area contributed by atoms with Crippen LogP contribution >= 0.6 is 0 Å². The highest BCUT2D eigenvalue weighted by Crippen LogP contribution is 2.13. The Balaban J connectivity index is 2.12. The smallest absolute Gasteiger partial charge is 0.407 e. The van der Waals surface area contributed by atoms with E-state index < -0.39 is 41.5 Å². The third-order valence-corrected chi connectivity index (χ3v) is 4.68. The summed E-state index contributed by atoms with van der Waals surface area (Å²) in [6.07, 6.45) is -0.585. The van der Waals surface area contributed by atoms with Gasteiger partial charge in [0.2, 0.25) is 5.91 Å². The van der Waals surface area contributed by atoms with Gasteiger partial charge in [0.1, 0.15) is 17.5 Å². The molecule has 1 unspecified atom stereocenters. The van der Waals surface area contributed by atoms with Crippen LogP contribution in [0.25, 0.3) is 0 Å². The first kappa shape index (κ1) is 25.8. The molecule has 0 bridgehead atoms. The summed E-state index contributed by atoms with van der Waals surface area (Å²) in [5.41, 5.74) is 0.462. The lowest BCUT2D eigenvalue weighted by atomic mass is 10.0. The zero-order valence-electron chi connectivity index (χ0n) is 19.4. The van der Waals surface area contributed by atoms with Crippen LogP contribution in [0.3, 0.4) is 0 Å². The molecular formula is C25H31FN2O5. The third kappa shape index (κ3) is 9.31. The normalized spacial score (nSPS) is 12.9. The lowest BCUT2D eigenvalue weighted by Gasteiger charge is -2.24. The Labute approximate surface area is 193 Å². The highest BCUT2D eigenvalue weighted by Gasteiger charge is 2.26. The van der Waals surface area contributed by atoms with Gasteiger partial charge in [0, 0.05) is 18.9 Å². The molecule has 2 N–H and O–H groups in total. The Morgan fingerprint density at radius 2 is 1.58 bits per heavy atom. The second kappa shape index (κ2) is 12.0. The second-order valence-electron chi connectivity index (χ2n) is 8.68. The molecule has 178 valence electrons. The van der Waals surface area contributed by atoms with Crippen LogP contribution < -0.4 is 10.6 Å². The molecule has 0 radical (unpaired) electrons. The number of methoxy groups -OCH3 is 1. The maximum atomic E-state index is 14.2. The van der Waals surface area contributed by atoms with Gasteiger partial charge in [0.05, 0.1) is 7.11 Å². The van der Waals surface area contributed by atoms with Crippen molar-refractivity contribution < 1.29 is 28.2 Å². The second-order valence-corrected chi connectivity index (χ2v) is 8.68. The van der Waals surface area contributed by atoms with Crippen molar-refractivity contribution in [2.75, 3.05) is 7.11 Å². The van der Waals surface area contributed by atoms with Crippen molar-refractivity contribution in [1.29, 1.82) is 0 Å². The molecule has 2 aromatic carbocycles. The summed E-state index contributed by atoms with van der Waals surface area (Å²) in [7, 11) is 1.25. The molecule has 0 saturated carbocycles. The maximum absolute atomic E-state index is 14.2. The van der Waals surface area contributed by atoms with Gasteiger partial charge in [-0.15, -0.1) is 0 Å². The molecule has 7 nitrogen and oxygen atoms in total. The Hall–Kier alpha value is -3.42. The number of hydrogen-bond acceptors (Lipinski definition) is 5. The molecule has 0 fully saturated rings. The number of benzene rings is 2. The summed E-state index contributed by atoms with van der Waals surface area (Å²) in [4.78, 5) is 37.4. The molecule has 0 saturated heterocycles. The van der Waals surface area contributed by atoms with Gasteiger partial charge in [-0.3, -0.25) is 4.79 Å². The molecule has 0 spiro atoms. The Morgan fingerprint density at radius 3 is 2.18 bits per heavy atom. The van der Waals surface area contributed by atoms with Gasteiger partial charge in [-0.1, -0.05) is 48.5 Å². The van der Waals surface area contributed by atoms with Crippen molar-refractivity contribution in [3.05, 3.63) is 71.5 Å². The molecular weight excluding hydrogens is 427 g/mol. The minimum absolute atomic E-state index is 0.0703. The number of halogens is 1. The number of hydrogen-bond donors (Lipinski definition) is 2. The largest absolute Gasteiger partial charge is 0.467 e. The maximum Gasteiger partial charge on any atom is 0.407 e. The van der Waals surface area contributed by atoms with E-state index in [0.717, 1.165) is 5.56 Å². The van der Waals surface area contributed by atoms with E-state index in [4.69, 9.17) is 9.47 Å². The van der Waals surface area contributed by atoms with Crippen LogP contribution in [0.4, 0.5) is 9.18 Å². The highest BCUT2D eigenvalue weighted by molar-refractivity contribution is 5.85. The van der Waals surface area contributed by atoms with E-state index in [1.165, 1.54) is 13.2 Å². The van der Waals surface area contributed by atoms with E-state index in [1.54, 1.807) is 39.0 Å². The van der Waals surface area contributed by atoms with Crippen LogP contribution in [0.1, 0.15) is 38.3 Å². The van der Waals surface area contributed by atoms with E-state index in [0.29, 0.717) is 5.56 Å². The van der Waals surface area contributed by atoms with Crippen LogP contribution in [0.5, 0.6) is 0 Å². The zero-order chi connectivity index (χ0) is 24.4. The Morgan fingerprint density at radius 1 is 0.939 bits per heavy atom. The molecule has 0 aliphatic rings. The van der Waals surface area contributed by atoms with Gasteiger partial charge in [-0.25, -0.2) is 14.0 Å². The molecule has 0 aromatic heterocycles. The first-order valence-electron chi connectivity index (χ1n) is 10.7. The number of amides is 2. The zero-order valence-corrected chi connectivity index (χ0v) is 19.4. The van der Waals surface area contributed by atoms with Crippen LogP contribution in [-0.2, 0) is 31.9 Å². The number of esters is 1. The number of carbonyl (C=O) groups is 3. The predicted octanol–water partition coefficient (Wildman–Crippen LogP) is 3.55. The van der Waals surface area contributed by atoms with Crippen molar-refractivity contribution in [2.24, 2.45) is 0 Å². The average molecular weight is 459 g/mol. The number of ether oxygens (including phenoxy) is 2. The Bertz CT molecular complexity index is 943. The van der Waals surface area contributed by atoms with Crippen molar-refractivity contribution in [3.63, 3.8) is 0 Å². The monoisotopic (exact) mass is 458 g/mol. The molecule has 2 rings (SSSR count). The average Bonchev–Trinajstić information content (AvgIpc) is 2.73. The molecule has 0 heterocycles. The number of nitrogens with one attached hydrogen (secondary N) is 2. The van der Waals surface area contributed by atoms with Crippen LogP contribution in [0.2, 0.25) is 0 Å². The van der Waals surface area contributed by atoms with E-state index in [1.807, 2.05) is 30.3 Å². The molecule has 33 heavy (non-hydrogen) atoms. The topological polar surface area (TPSA) is 93.7 Å². The molecule has 8 heteroatoms. The Kier molecular flexibility index (Phi) is 9.39. The molecule has 0 aliphatic heterocycles. The van der Waals surface area contributed by atoms with Crippen LogP contribution in [-0.4, -0.2) is 42.8 Å². The quantitative estimate of drug-likeness (QED) is 0.561. The fourth-order valence-corrected chi connectivity index (χ4v) is 3.24. The summed E-state index contributed by atoms with van der Waals surface area (Å²) in [5.74, 6) is -1.51. The van der Waals surface area contributed by atoms with E-state index in [-0.39, 0.29) is 19.3 Å². The van der Waals surface area contributed by atoms with E-state index >= 15 is 0 Å². The fourth-order valence-electron chi connectivity index (χ4n) is 3.24. The number of rotatable bonds is 9. The molecule has 2 amide bonds. The summed E-state index contributed by atoms with van der Waals surface area (Å²) in [6, 6.07) is 13.7. The molecule has 2 aromatic rings. The number of alkyl carbamates (subject to hydrolysis) is 1. The SMILES string of the molecule is COC(=O)C(Cc1ccccc1)NC(=O)C[C@@H](Cc1ccccc1F)NC(=O)OC(C)(C)C. The first-order chi connectivity index (χ1) is 15.6. The lowest BCUT2D eigenvalue weighted by Crippen LogP contribution is -2.47. The van der Waals surface area contributed by atoms with Gasteiger partial charge in [-0.2, -0.15) is 0 Å². The van der Waals surface area contributed by atoms with E-state index in [9.17, 15) is 18.8 Å². The van der Waals surface area contributed by atoms with Gasteiger partial charge < -0.3 is 20.1 Å². The third-order valence-electron chi connectivity index (χ3n) is 4.68. The molecule has 2 atom stereocenters. The predicted molar refractivity (Wildman–Crippen MR) is 122 cm³/mol. The van der Waals surface area contributed by atoms with Crippen molar-refractivity contribution in [2.45, 2.75) is 57.7 Å². The van der Waals surface area contributed by atoms with Gasteiger partial charge in [0.25, 0.3) is 0 Å². The van der Waals surface area contributed by atoms with Gasteiger partial charge in [-0.05, 0) is 44.4 Å². The van der Waals surface area contributed by atoms with E-state index in [2.05, 4.69) is 10.6 Å². The van der Waals surface area contributed by atoms with Crippen LogP contribution in [0, 0.1) is 5.82 Å². The van der Waals surface area contributed by atoms with Crippen molar-refractivity contribution in [3.8, 4) is 0 Å². The molecule has 0 aliphatic carbocycles. The van der Waals surface area contributed by atoms with Crippen molar-refractivity contribution in [1.82, 2.24) is 10.6 Å².